The van der Waals surface area contributed by atoms with E-state index in [1.807, 2.05) is 36.4 Å². The minimum Gasteiger partial charge on any atom is -0.368 e. The zero-order chi connectivity index (χ0) is 12.9. The molecule has 0 aliphatic heterocycles. The largest absolute Gasteiger partial charge is 0.368 e. The van der Waals surface area contributed by atoms with Crippen molar-refractivity contribution in [2.75, 3.05) is 23.7 Å². The first-order valence-electron chi connectivity index (χ1n) is 6.16. The zero-order valence-corrected chi connectivity index (χ0v) is 11.2. The Labute approximate surface area is 115 Å². The molecule has 3 aromatic rings. The van der Waals surface area contributed by atoms with Crippen molar-refractivity contribution in [1.82, 2.24) is 9.97 Å². The third-order valence-electron chi connectivity index (χ3n) is 2.67. The second-order valence-corrected chi connectivity index (χ2v) is 5.09. The molecule has 0 spiro atoms. The van der Waals surface area contributed by atoms with Crippen molar-refractivity contribution in [1.29, 1.82) is 0 Å². The van der Waals surface area contributed by atoms with E-state index in [4.69, 9.17) is 0 Å². The molecule has 0 bridgehead atoms. The van der Waals surface area contributed by atoms with Crippen LogP contribution >= 0.6 is 11.3 Å². The number of thiazole rings is 1. The van der Waals surface area contributed by atoms with Gasteiger partial charge in [0.05, 0.1) is 10.2 Å². The van der Waals surface area contributed by atoms with Crippen LogP contribution in [-0.4, -0.2) is 23.1 Å². The van der Waals surface area contributed by atoms with Crippen LogP contribution < -0.4 is 10.6 Å². The van der Waals surface area contributed by atoms with Crippen LogP contribution in [0.2, 0.25) is 0 Å². The van der Waals surface area contributed by atoms with E-state index in [1.165, 1.54) is 4.70 Å². The summed E-state index contributed by atoms with van der Waals surface area (Å²) in [4.78, 5) is 8.73. The number of fused-ring (bicyclic) bond motifs is 1. The summed E-state index contributed by atoms with van der Waals surface area (Å²) in [6.45, 7) is 1.63. The van der Waals surface area contributed by atoms with Gasteiger partial charge in [-0.2, -0.15) is 0 Å². The molecule has 0 saturated carbocycles. The Morgan fingerprint density at radius 3 is 2.63 bits per heavy atom. The van der Waals surface area contributed by atoms with E-state index in [0.29, 0.717) is 0 Å². The number of nitrogens with zero attached hydrogens (tertiary/aromatic N) is 2. The molecule has 4 nitrogen and oxygen atoms in total. The number of benzene rings is 1. The van der Waals surface area contributed by atoms with E-state index in [1.54, 1.807) is 17.5 Å². The Morgan fingerprint density at radius 1 is 0.947 bits per heavy atom. The lowest BCUT2D eigenvalue weighted by molar-refractivity contribution is 1.06. The highest BCUT2D eigenvalue weighted by atomic mass is 32.1. The third kappa shape index (κ3) is 3.00. The predicted octanol–water partition coefficient (Wildman–Crippen LogP) is 3.22. The van der Waals surface area contributed by atoms with Gasteiger partial charge in [0.25, 0.3) is 0 Å². The molecule has 1 aromatic carbocycles. The smallest absolute Gasteiger partial charge is 0.183 e. The molecule has 2 heterocycles. The van der Waals surface area contributed by atoms with Gasteiger partial charge >= 0.3 is 0 Å². The first-order chi connectivity index (χ1) is 9.42. The maximum atomic E-state index is 4.52. The quantitative estimate of drug-likeness (QED) is 0.699. The highest BCUT2D eigenvalue weighted by molar-refractivity contribution is 7.22. The summed E-state index contributed by atoms with van der Waals surface area (Å²) in [6, 6.07) is 14.0. The van der Waals surface area contributed by atoms with Gasteiger partial charge in [-0.1, -0.05) is 29.5 Å². The molecule has 0 unspecified atom stereocenters. The topological polar surface area (TPSA) is 49.8 Å². The van der Waals surface area contributed by atoms with Crippen molar-refractivity contribution in [3.05, 3.63) is 48.7 Å². The summed E-state index contributed by atoms with van der Waals surface area (Å²) >= 11 is 1.68. The zero-order valence-electron chi connectivity index (χ0n) is 10.3. The fraction of sp³-hybridized carbons (Fsp3) is 0.143. The summed E-state index contributed by atoms with van der Waals surface area (Å²) in [6.07, 6.45) is 1.78. The number of para-hydroxylation sites is 1. The lowest BCUT2D eigenvalue weighted by Gasteiger charge is -2.05. The van der Waals surface area contributed by atoms with Gasteiger partial charge in [-0.3, -0.25) is 0 Å². The van der Waals surface area contributed by atoms with Crippen molar-refractivity contribution in [3.63, 3.8) is 0 Å². The molecule has 3 rings (SSSR count). The van der Waals surface area contributed by atoms with E-state index in [0.717, 1.165) is 29.6 Å². The van der Waals surface area contributed by atoms with Gasteiger partial charge in [-0.05, 0) is 24.3 Å². The number of aromatic nitrogens is 2. The van der Waals surface area contributed by atoms with Crippen LogP contribution in [0, 0.1) is 0 Å². The van der Waals surface area contributed by atoms with Crippen molar-refractivity contribution < 1.29 is 0 Å². The second kappa shape index (κ2) is 5.67. The van der Waals surface area contributed by atoms with Crippen LogP contribution in [0.3, 0.4) is 0 Å². The number of rotatable bonds is 5. The van der Waals surface area contributed by atoms with E-state index in [2.05, 4.69) is 26.7 Å². The molecule has 5 heteroatoms. The van der Waals surface area contributed by atoms with Gasteiger partial charge in [0, 0.05) is 19.3 Å². The predicted molar refractivity (Wildman–Crippen MR) is 80.8 cm³/mol. The van der Waals surface area contributed by atoms with Gasteiger partial charge in [0.2, 0.25) is 0 Å². The molecule has 0 fully saturated rings. The fourth-order valence-corrected chi connectivity index (χ4v) is 2.67. The van der Waals surface area contributed by atoms with Crippen LogP contribution in [0.4, 0.5) is 10.9 Å². The van der Waals surface area contributed by atoms with Crippen molar-refractivity contribution in [2.45, 2.75) is 0 Å². The van der Waals surface area contributed by atoms with Crippen LogP contribution in [0.5, 0.6) is 0 Å². The maximum absolute atomic E-state index is 4.52. The summed E-state index contributed by atoms with van der Waals surface area (Å²) in [5.41, 5.74) is 1.05. The standard InChI is InChI=1S/C14H14N4S/c1-2-6-12-11(5-1)18-14(19-12)17-10-9-16-13-7-3-4-8-15-13/h1-8H,9-10H2,(H,15,16)(H,17,18). The van der Waals surface area contributed by atoms with Crippen molar-refractivity contribution in [2.24, 2.45) is 0 Å². The highest BCUT2D eigenvalue weighted by Crippen LogP contribution is 2.24. The molecule has 0 atom stereocenters. The summed E-state index contributed by atoms with van der Waals surface area (Å²) in [7, 11) is 0. The van der Waals surface area contributed by atoms with E-state index < -0.39 is 0 Å². The number of pyridine rings is 1. The summed E-state index contributed by atoms with van der Waals surface area (Å²) in [5, 5.41) is 7.54. The van der Waals surface area contributed by atoms with Crippen LogP contribution in [0.25, 0.3) is 10.2 Å². The van der Waals surface area contributed by atoms with E-state index in [9.17, 15) is 0 Å². The second-order valence-electron chi connectivity index (χ2n) is 4.06. The Hall–Kier alpha value is -2.14. The molecule has 96 valence electrons. The molecule has 0 aliphatic rings. The normalized spacial score (nSPS) is 10.5. The van der Waals surface area contributed by atoms with Crippen LogP contribution in [0.15, 0.2) is 48.7 Å². The molecule has 2 N–H and O–H groups in total. The lowest BCUT2D eigenvalue weighted by atomic mass is 10.3. The van der Waals surface area contributed by atoms with Crippen LogP contribution in [-0.2, 0) is 0 Å². The average Bonchev–Trinajstić information content (AvgIpc) is 2.87. The van der Waals surface area contributed by atoms with Gasteiger partial charge in [0.15, 0.2) is 5.13 Å². The third-order valence-corrected chi connectivity index (χ3v) is 3.66. The van der Waals surface area contributed by atoms with E-state index >= 15 is 0 Å². The van der Waals surface area contributed by atoms with Crippen LogP contribution in [0.1, 0.15) is 0 Å². The first-order valence-corrected chi connectivity index (χ1v) is 6.98. The molecular weight excluding hydrogens is 256 g/mol. The molecule has 0 amide bonds. The summed E-state index contributed by atoms with van der Waals surface area (Å²) in [5.74, 6) is 0.897. The first kappa shape index (κ1) is 11.9. The Bertz CT molecular complexity index is 618. The molecule has 0 saturated heterocycles. The Kier molecular flexibility index (Phi) is 3.56. The summed E-state index contributed by atoms with van der Waals surface area (Å²) < 4.78 is 1.21. The molecule has 19 heavy (non-hydrogen) atoms. The van der Waals surface area contributed by atoms with Crippen molar-refractivity contribution in [3.8, 4) is 0 Å². The van der Waals surface area contributed by atoms with Gasteiger partial charge < -0.3 is 10.6 Å². The fourth-order valence-electron chi connectivity index (χ4n) is 1.78. The SMILES string of the molecule is c1ccc(NCCNc2nc3ccccc3s2)nc1. The molecule has 0 aliphatic carbocycles. The van der Waals surface area contributed by atoms with Gasteiger partial charge in [-0.15, -0.1) is 0 Å². The molecule has 0 radical (unpaired) electrons. The number of hydrogen-bond donors (Lipinski definition) is 2. The number of nitrogens with one attached hydrogen (secondary N) is 2. The number of anilines is 2. The minimum atomic E-state index is 0.812. The highest BCUT2D eigenvalue weighted by Gasteiger charge is 2.01. The van der Waals surface area contributed by atoms with E-state index in [-0.39, 0.29) is 0 Å². The monoisotopic (exact) mass is 270 g/mol. The molecular formula is C14H14N4S. The Balaban J connectivity index is 1.52. The van der Waals surface area contributed by atoms with Gasteiger partial charge in [0.1, 0.15) is 5.82 Å². The lowest BCUT2D eigenvalue weighted by Crippen LogP contribution is -2.13. The molecule has 2 aromatic heterocycles. The van der Waals surface area contributed by atoms with Crippen molar-refractivity contribution >= 4 is 32.5 Å². The minimum absolute atomic E-state index is 0.812. The maximum Gasteiger partial charge on any atom is 0.183 e. The van der Waals surface area contributed by atoms with Gasteiger partial charge in [-0.25, -0.2) is 9.97 Å². The number of hydrogen-bond acceptors (Lipinski definition) is 5. The Morgan fingerprint density at radius 2 is 1.79 bits per heavy atom. The average molecular weight is 270 g/mol.